The maximum absolute atomic E-state index is 12.8. The number of carboxylic acid groups (broad SMARTS) is 1. The highest BCUT2D eigenvalue weighted by Crippen LogP contribution is 2.32. The van der Waals surface area contributed by atoms with Crippen molar-refractivity contribution in [2.45, 2.75) is 31.7 Å². The molecule has 0 aliphatic carbocycles. The molecule has 2 aliphatic rings. The zero-order chi connectivity index (χ0) is 17.3. The molecule has 1 aromatic carbocycles. The van der Waals surface area contributed by atoms with Gasteiger partial charge >= 0.3 is 6.09 Å². The lowest BCUT2D eigenvalue weighted by Gasteiger charge is -2.36. The molecule has 0 radical (unpaired) electrons. The van der Waals surface area contributed by atoms with E-state index in [1.54, 1.807) is 18.2 Å². The Morgan fingerprint density at radius 2 is 1.92 bits per heavy atom. The predicted octanol–water partition coefficient (Wildman–Crippen LogP) is 3.53. The summed E-state index contributed by atoms with van der Waals surface area (Å²) in [6.45, 7) is 1.62. The van der Waals surface area contributed by atoms with Crippen molar-refractivity contribution >= 4 is 35.2 Å². The fraction of sp³-hybridized carbons (Fsp3) is 0.529. The van der Waals surface area contributed by atoms with Crippen LogP contribution in [0.1, 0.15) is 24.8 Å². The molecule has 1 N–H and O–H groups in total. The van der Waals surface area contributed by atoms with Gasteiger partial charge in [-0.15, -0.1) is 0 Å². The summed E-state index contributed by atoms with van der Waals surface area (Å²) in [6.07, 6.45) is 2.02. The van der Waals surface area contributed by atoms with Crippen LogP contribution in [0.25, 0.3) is 0 Å². The summed E-state index contributed by atoms with van der Waals surface area (Å²) in [6, 6.07) is 5.34. The van der Waals surface area contributed by atoms with Gasteiger partial charge in [0.1, 0.15) is 0 Å². The number of amides is 2. The largest absolute Gasteiger partial charge is 0.465 e. The highest BCUT2D eigenvalue weighted by Gasteiger charge is 2.38. The van der Waals surface area contributed by atoms with Crippen molar-refractivity contribution in [3.05, 3.63) is 33.8 Å². The molecule has 7 heteroatoms. The number of carbonyl (C=O) groups excluding carboxylic acids is 1. The normalized spacial score (nSPS) is 24.5. The number of nitrogens with zero attached hydrogens (tertiary/aromatic N) is 2. The van der Waals surface area contributed by atoms with Crippen molar-refractivity contribution in [2.24, 2.45) is 5.92 Å². The van der Waals surface area contributed by atoms with E-state index < -0.39 is 6.09 Å². The van der Waals surface area contributed by atoms with E-state index in [0.29, 0.717) is 36.1 Å². The zero-order valence-electron chi connectivity index (χ0n) is 13.3. The second kappa shape index (κ2) is 7.19. The molecule has 130 valence electrons. The molecule has 2 fully saturated rings. The fourth-order valence-electron chi connectivity index (χ4n) is 3.67. The number of likely N-dealkylation sites (tertiary alicyclic amines) is 2. The van der Waals surface area contributed by atoms with Crippen LogP contribution in [0.2, 0.25) is 10.0 Å². The van der Waals surface area contributed by atoms with Crippen molar-refractivity contribution in [1.29, 1.82) is 0 Å². The molecule has 2 aliphatic heterocycles. The van der Waals surface area contributed by atoms with E-state index in [2.05, 4.69) is 0 Å². The molecule has 2 atom stereocenters. The third-order valence-corrected chi connectivity index (χ3v) is 5.68. The molecule has 0 bridgehead atoms. The Morgan fingerprint density at radius 1 is 1.21 bits per heavy atom. The number of halogens is 2. The predicted molar refractivity (Wildman–Crippen MR) is 92.6 cm³/mol. The van der Waals surface area contributed by atoms with Gasteiger partial charge in [0.25, 0.3) is 0 Å². The maximum Gasteiger partial charge on any atom is 0.407 e. The molecular formula is C17H20Cl2N2O3. The van der Waals surface area contributed by atoms with E-state index in [0.717, 1.165) is 24.8 Å². The number of hydrogen-bond acceptors (Lipinski definition) is 2. The maximum atomic E-state index is 12.8. The monoisotopic (exact) mass is 370 g/mol. The lowest BCUT2D eigenvalue weighted by molar-refractivity contribution is -0.133. The summed E-state index contributed by atoms with van der Waals surface area (Å²) in [5.74, 6) is -0.0502. The van der Waals surface area contributed by atoms with Gasteiger partial charge in [0.2, 0.25) is 5.91 Å². The van der Waals surface area contributed by atoms with Crippen LogP contribution < -0.4 is 0 Å². The summed E-state index contributed by atoms with van der Waals surface area (Å²) in [7, 11) is 0. The van der Waals surface area contributed by atoms with Crippen LogP contribution in [-0.4, -0.2) is 52.6 Å². The van der Waals surface area contributed by atoms with E-state index in [1.807, 2.05) is 4.90 Å². The van der Waals surface area contributed by atoms with E-state index in [-0.39, 0.29) is 17.9 Å². The highest BCUT2D eigenvalue weighted by atomic mass is 35.5. The van der Waals surface area contributed by atoms with Crippen molar-refractivity contribution < 1.29 is 14.7 Å². The molecule has 1 aromatic rings. The summed E-state index contributed by atoms with van der Waals surface area (Å²) in [4.78, 5) is 27.2. The van der Waals surface area contributed by atoms with Gasteiger partial charge in [-0.05, 0) is 43.4 Å². The van der Waals surface area contributed by atoms with Crippen LogP contribution in [0, 0.1) is 5.92 Å². The summed E-state index contributed by atoms with van der Waals surface area (Å²) < 4.78 is 0. The number of carbonyl (C=O) groups is 2. The van der Waals surface area contributed by atoms with Gasteiger partial charge in [-0.25, -0.2) is 4.79 Å². The standard InChI is InChI=1S/C17H20Cl2N2O3/c18-14-4-1-5-15(19)13(14)9-11-6-8-21(16(11)22)12-3-2-7-20(10-12)17(23)24/h1,4-5,11-12H,2-3,6-10H2,(H,23,24). The summed E-state index contributed by atoms with van der Waals surface area (Å²) in [5, 5.41) is 10.3. The first-order valence-corrected chi connectivity index (χ1v) is 8.94. The topological polar surface area (TPSA) is 60.9 Å². The average Bonchev–Trinajstić information content (AvgIpc) is 2.92. The Labute approximate surface area is 151 Å². The number of hydrogen-bond donors (Lipinski definition) is 1. The van der Waals surface area contributed by atoms with Gasteiger partial charge in [0, 0.05) is 41.6 Å². The third-order valence-electron chi connectivity index (χ3n) is 4.97. The molecule has 0 aromatic heterocycles. The van der Waals surface area contributed by atoms with Crippen LogP contribution in [-0.2, 0) is 11.2 Å². The van der Waals surface area contributed by atoms with Gasteiger partial charge in [-0.3, -0.25) is 4.79 Å². The summed E-state index contributed by atoms with van der Waals surface area (Å²) >= 11 is 12.4. The van der Waals surface area contributed by atoms with Crippen LogP contribution in [0.4, 0.5) is 4.79 Å². The number of benzene rings is 1. The molecule has 2 saturated heterocycles. The Kier molecular flexibility index (Phi) is 5.21. The second-order valence-corrected chi connectivity index (χ2v) is 7.26. The first kappa shape index (κ1) is 17.4. The molecule has 0 saturated carbocycles. The highest BCUT2D eigenvalue weighted by molar-refractivity contribution is 6.36. The van der Waals surface area contributed by atoms with Crippen molar-refractivity contribution in [3.63, 3.8) is 0 Å². The minimum absolute atomic E-state index is 0.0194. The Hall–Kier alpha value is -1.46. The van der Waals surface area contributed by atoms with Gasteiger partial charge in [-0.1, -0.05) is 29.3 Å². The Balaban J connectivity index is 1.68. The van der Waals surface area contributed by atoms with Gasteiger partial charge in [0.15, 0.2) is 0 Å². The fourth-order valence-corrected chi connectivity index (χ4v) is 4.22. The van der Waals surface area contributed by atoms with Crippen molar-refractivity contribution in [2.75, 3.05) is 19.6 Å². The molecule has 3 rings (SSSR count). The second-order valence-electron chi connectivity index (χ2n) is 6.45. The third kappa shape index (κ3) is 3.47. The zero-order valence-corrected chi connectivity index (χ0v) is 14.8. The first-order valence-electron chi connectivity index (χ1n) is 8.18. The molecule has 2 unspecified atom stereocenters. The molecular weight excluding hydrogens is 351 g/mol. The smallest absolute Gasteiger partial charge is 0.407 e. The SMILES string of the molecule is O=C(O)N1CCCC(N2CCC(Cc3c(Cl)cccc3Cl)C2=O)C1. The first-order chi connectivity index (χ1) is 11.5. The van der Waals surface area contributed by atoms with E-state index >= 15 is 0 Å². The Bertz CT molecular complexity index is 632. The molecule has 2 amide bonds. The molecule has 0 spiro atoms. The van der Waals surface area contributed by atoms with E-state index in [1.165, 1.54) is 4.90 Å². The van der Waals surface area contributed by atoms with Crippen LogP contribution >= 0.6 is 23.2 Å². The van der Waals surface area contributed by atoms with Crippen molar-refractivity contribution in [3.8, 4) is 0 Å². The van der Waals surface area contributed by atoms with Crippen LogP contribution in [0.15, 0.2) is 18.2 Å². The molecule has 5 nitrogen and oxygen atoms in total. The van der Waals surface area contributed by atoms with Crippen LogP contribution in [0.5, 0.6) is 0 Å². The van der Waals surface area contributed by atoms with E-state index in [9.17, 15) is 9.59 Å². The average molecular weight is 371 g/mol. The van der Waals surface area contributed by atoms with Gasteiger partial charge < -0.3 is 14.9 Å². The van der Waals surface area contributed by atoms with E-state index in [4.69, 9.17) is 28.3 Å². The molecule has 2 heterocycles. The molecule has 24 heavy (non-hydrogen) atoms. The Morgan fingerprint density at radius 3 is 2.58 bits per heavy atom. The minimum atomic E-state index is -0.911. The van der Waals surface area contributed by atoms with Crippen LogP contribution in [0.3, 0.4) is 0 Å². The van der Waals surface area contributed by atoms with Gasteiger partial charge in [-0.2, -0.15) is 0 Å². The minimum Gasteiger partial charge on any atom is -0.465 e. The lowest BCUT2D eigenvalue weighted by atomic mass is 9.97. The summed E-state index contributed by atoms with van der Waals surface area (Å²) in [5.41, 5.74) is 0.817. The number of piperidine rings is 1. The van der Waals surface area contributed by atoms with Gasteiger partial charge in [0.05, 0.1) is 0 Å². The lowest BCUT2D eigenvalue weighted by Crippen LogP contribution is -2.50. The number of rotatable bonds is 3. The van der Waals surface area contributed by atoms with Crippen molar-refractivity contribution in [1.82, 2.24) is 9.80 Å². The quantitative estimate of drug-likeness (QED) is 0.884.